The van der Waals surface area contributed by atoms with Crippen LogP contribution in [-0.4, -0.2) is 56.1 Å². The molecule has 1 atom stereocenters. The molecule has 0 saturated carbocycles. The van der Waals surface area contributed by atoms with Crippen LogP contribution in [0.1, 0.15) is 34.1 Å². The van der Waals surface area contributed by atoms with E-state index in [0.717, 1.165) is 46.3 Å². The lowest BCUT2D eigenvalue weighted by Crippen LogP contribution is -2.55. The minimum absolute atomic E-state index is 0.0158. The zero-order valence-electron chi connectivity index (χ0n) is 18.9. The van der Waals surface area contributed by atoms with Gasteiger partial charge in [-0.05, 0) is 35.9 Å². The summed E-state index contributed by atoms with van der Waals surface area (Å²) in [5.41, 5.74) is 1.70. The summed E-state index contributed by atoms with van der Waals surface area (Å²) >= 11 is 1.64. The van der Waals surface area contributed by atoms with Crippen molar-refractivity contribution in [2.24, 2.45) is 5.41 Å². The highest BCUT2D eigenvalue weighted by atomic mass is 32.1. The van der Waals surface area contributed by atoms with Gasteiger partial charge in [-0.1, -0.05) is 39.0 Å². The van der Waals surface area contributed by atoms with Gasteiger partial charge in [0.2, 0.25) is 11.9 Å². The molecule has 3 aromatic heterocycles. The molecule has 1 aliphatic heterocycles. The second-order valence-corrected chi connectivity index (χ2v) is 10.7. The summed E-state index contributed by atoms with van der Waals surface area (Å²) in [5.74, 6) is 1.87. The van der Waals surface area contributed by atoms with Crippen LogP contribution in [0.4, 0.5) is 5.95 Å². The van der Waals surface area contributed by atoms with Crippen molar-refractivity contribution in [3.63, 3.8) is 0 Å². The van der Waals surface area contributed by atoms with Gasteiger partial charge in [-0.25, -0.2) is 9.38 Å². The molecule has 0 spiro atoms. The maximum absolute atomic E-state index is 12.9. The Bertz CT molecular complexity index is 1270. The maximum atomic E-state index is 12.9. The second-order valence-electron chi connectivity index (χ2n) is 9.71. The van der Waals surface area contributed by atoms with E-state index in [0.29, 0.717) is 13.0 Å². The number of carbonyl (C=O) groups excluding carboxylic acids is 1. The summed E-state index contributed by atoms with van der Waals surface area (Å²) in [6.07, 6.45) is 0.559. The number of fused-ring (bicyclic) bond motifs is 3. The zero-order valence-corrected chi connectivity index (χ0v) is 19.8. The van der Waals surface area contributed by atoms with Crippen molar-refractivity contribution in [3.8, 4) is 10.7 Å². The first-order chi connectivity index (χ1) is 15.3. The van der Waals surface area contributed by atoms with Gasteiger partial charge in [0.25, 0.3) is 0 Å². The molecule has 1 saturated heterocycles. The highest BCUT2D eigenvalue weighted by Crippen LogP contribution is 2.31. The van der Waals surface area contributed by atoms with E-state index in [1.54, 1.807) is 11.3 Å². The number of piperazine rings is 1. The van der Waals surface area contributed by atoms with E-state index in [4.69, 9.17) is 4.98 Å². The van der Waals surface area contributed by atoms with Gasteiger partial charge >= 0.3 is 0 Å². The molecule has 1 aliphatic rings. The largest absolute Gasteiger partial charge is 0.338 e. The van der Waals surface area contributed by atoms with Crippen LogP contribution < -0.4 is 4.90 Å². The van der Waals surface area contributed by atoms with E-state index in [2.05, 4.69) is 53.3 Å². The molecular weight excluding hydrogens is 420 g/mol. The summed E-state index contributed by atoms with van der Waals surface area (Å²) in [4.78, 5) is 23.3. The summed E-state index contributed by atoms with van der Waals surface area (Å²) in [7, 11) is 0. The standard InChI is InChI=1S/C24H28N6OS/c1-16-15-28(11-12-29(16)20(31)14-24(2,3)4)23-25-18-9-6-5-8-17(18)21-26-27-22(30(21)23)19-10-7-13-32-19/h5-10,13,16H,11-12,14-15H2,1-4H3/t16-/m1/s1. The molecule has 8 heteroatoms. The van der Waals surface area contributed by atoms with E-state index in [1.165, 1.54) is 0 Å². The number of carbonyl (C=O) groups is 1. The molecule has 1 amide bonds. The van der Waals surface area contributed by atoms with Crippen LogP contribution in [-0.2, 0) is 4.79 Å². The SMILES string of the molecule is C[C@@H]1CN(c2nc3ccccc3c3nnc(-c4cccs4)n23)CCN1C(=O)CC(C)(C)C. The molecule has 1 aromatic carbocycles. The van der Waals surface area contributed by atoms with Crippen molar-refractivity contribution in [2.75, 3.05) is 24.5 Å². The average molecular weight is 449 g/mol. The van der Waals surface area contributed by atoms with E-state index >= 15 is 0 Å². The number of amides is 1. The summed E-state index contributed by atoms with van der Waals surface area (Å²) in [6.45, 7) is 10.6. The fraction of sp³-hybridized carbons (Fsp3) is 0.417. The maximum Gasteiger partial charge on any atom is 0.223 e. The highest BCUT2D eigenvalue weighted by molar-refractivity contribution is 7.13. The number of anilines is 1. The monoisotopic (exact) mass is 448 g/mol. The average Bonchev–Trinajstić information content (AvgIpc) is 3.41. The molecule has 4 heterocycles. The van der Waals surface area contributed by atoms with E-state index in [9.17, 15) is 4.79 Å². The molecule has 0 radical (unpaired) electrons. The first-order valence-electron chi connectivity index (χ1n) is 11.0. The Labute approximate surface area is 191 Å². The smallest absolute Gasteiger partial charge is 0.223 e. The van der Waals surface area contributed by atoms with E-state index in [1.807, 2.05) is 40.6 Å². The van der Waals surface area contributed by atoms with Crippen molar-refractivity contribution in [1.29, 1.82) is 0 Å². The molecule has 1 fully saturated rings. The highest BCUT2D eigenvalue weighted by Gasteiger charge is 2.32. The predicted molar refractivity (Wildman–Crippen MR) is 129 cm³/mol. The lowest BCUT2D eigenvalue weighted by molar-refractivity contribution is -0.135. The quantitative estimate of drug-likeness (QED) is 0.462. The number of aromatic nitrogens is 4. The van der Waals surface area contributed by atoms with E-state index in [-0.39, 0.29) is 17.4 Å². The van der Waals surface area contributed by atoms with E-state index < -0.39 is 0 Å². The minimum Gasteiger partial charge on any atom is -0.338 e. The Morgan fingerprint density at radius 1 is 1.12 bits per heavy atom. The fourth-order valence-electron chi connectivity index (χ4n) is 4.41. The molecule has 166 valence electrons. The van der Waals surface area contributed by atoms with Crippen LogP contribution >= 0.6 is 11.3 Å². The third-order valence-electron chi connectivity index (χ3n) is 5.88. The third kappa shape index (κ3) is 3.72. The van der Waals surface area contributed by atoms with Crippen molar-refractivity contribution in [3.05, 3.63) is 41.8 Å². The summed E-state index contributed by atoms with van der Waals surface area (Å²) < 4.78 is 2.08. The third-order valence-corrected chi connectivity index (χ3v) is 6.75. The van der Waals surface area contributed by atoms with Gasteiger partial charge in [0.15, 0.2) is 11.5 Å². The van der Waals surface area contributed by atoms with Gasteiger partial charge in [-0.2, -0.15) is 0 Å². The van der Waals surface area contributed by atoms with Gasteiger partial charge in [0, 0.05) is 37.5 Å². The molecule has 4 aromatic rings. The molecule has 0 aliphatic carbocycles. The van der Waals surface area contributed by atoms with Gasteiger partial charge in [-0.15, -0.1) is 21.5 Å². The van der Waals surface area contributed by atoms with Gasteiger partial charge in [0.05, 0.1) is 10.4 Å². The van der Waals surface area contributed by atoms with Crippen LogP contribution in [0.15, 0.2) is 41.8 Å². The number of thiophene rings is 1. The predicted octanol–water partition coefficient (Wildman–Crippen LogP) is 4.48. The van der Waals surface area contributed by atoms with Gasteiger partial charge in [0.1, 0.15) is 0 Å². The molecule has 0 bridgehead atoms. The Morgan fingerprint density at radius 2 is 1.94 bits per heavy atom. The normalized spacial score (nSPS) is 17.4. The Hall–Kier alpha value is -3.00. The minimum atomic E-state index is -0.0158. The lowest BCUT2D eigenvalue weighted by atomic mass is 9.91. The van der Waals surface area contributed by atoms with Crippen LogP contribution in [0.5, 0.6) is 0 Å². The van der Waals surface area contributed by atoms with Crippen molar-refractivity contribution < 1.29 is 4.79 Å². The topological polar surface area (TPSA) is 66.6 Å². The molecule has 7 nitrogen and oxygen atoms in total. The summed E-state index contributed by atoms with van der Waals surface area (Å²) in [5, 5.41) is 12.1. The summed E-state index contributed by atoms with van der Waals surface area (Å²) in [6, 6.07) is 12.2. The van der Waals surface area contributed by atoms with Crippen molar-refractivity contribution in [1.82, 2.24) is 24.5 Å². The van der Waals surface area contributed by atoms with Crippen LogP contribution in [0.25, 0.3) is 27.3 Å². The first-order valence-corrected chi connectivity index (χ1v) is 11.9. The molecule has 5 rings (SSSR count). The molecule has 0 N–H and O–H groups in total. The second kappa shape index (κ2) is 7.85. The number of benzene rings is 1. The van der Waals surface area contributed by atoms with Crippen LogP contribution in [0.3, 0.4) is 0 Å². The lowest BCUT2D eigenvalue weighted by Gasteiger charge is -2.41. The number of hydrogen-bond donors (Lipinski definition) is 0. The first kappa shape index (κ1) is 20.9. The Kier molecular flexibility index (Phi) is 5.12. The Balaban J connectivity index is 1.55. The fourth-order valence-corrected chi connectivity index (χ4v) is 5.11. The van der Waals surface area contributed by atoms with Crippen molar-refractivity contribution in [2.45, 2.75) is 40.2 Å². The number of rotatable bonds is 3. The van der Waals surface area contributed by atoms with Crippen LogP contribution in [0, 0.1) is 5.41 Å². The number of nitrogens with zero attached hydrogens (tertiary/aromatic N) is 6. The molecule has 32 heavy (non-hydrogen) atoms. The zero-order chi connectivity index (χ0) is 22.5. The Morgan fingerprint density at radius 3 is 2.66 bits per heavy atom. The molecular formula is C24H28N6OS. The van der Waals surface area contributed by atoms with Crippen molar-refractivity contribution >= 4 is 39.7 Å². The molecule has 0 unspecified atom stereocenters. The van der Waals surface area contributed by atoms with Crippen LogP contribution in [0.2, 0.25) is 0 Å². The number of hydrogen-bond acceptors (Lipinski definition) is 6. The van der Waals surface area contributed by atoms with Gasteiger partial charge < -0.3 is 9.80 Å². The number of para-hydroxylation sites is 1. The van der Waals surface area contributed by atoms with Gasteiger partial charge in [-0.3, -0.25) is 4.79 Å².